The van der Waals surface area contributed by atoms with E-state index in [0.29, 0.717) is 31.5 Å². The number of hydrogen-bond acceptors (Lipinski definition) is 3. The highest BCUT2D eigenvalue weighted by molar-refractivity contribution is 6.30. The van der Waals surface area contributed by atoms with Gasteiger partial charge in [-0.2, -0.15) is 13.2 Å². The highest BCUT2D eigenvalue weighted by Crippen LogP contribution is 2.36. The summed E-state index contributed by atoms with van der Waals surface area (Å²) in [5, 5.41) is 5.31. The van der Waals surface area contributed by atoms with E-state index < -0.39 is 23.7 Å². The van der Waals surface area contributed by atoms with E-state index in [9.17, 15) is 22.8 Å². The summed E-state index contributed by atoms with van der Waals surface area (Å²) in [6.45, 7) is 2.74. The molecule has 166 valence electrons. The second-order valence-corrected chi connectivity index (χ2v) is 7.94. The van der Waals surface area contributed by atoms with E-state index in [0.717, 1.165) is 12.1 Å². The molecule has 1 heterocycles. The van der Waals surface area contributed by atoms with Crippen LogP contribution in [0.5, 0.6) is 0 Å². The number of hydrogen-bond donors (Lipinski definition) is 2. The van der Waals surface area contributed by atoms with Crippen LogP contribution in [0.4, 0.5) is 18.9 Å². The van der Waals surface area contributed by atoms with Crippen molar-refractivity contribution in [2.45, 2.75) is 38.0 Å². The number of piperidine rings is 1. The van der Waals surface area contributed by atoms with E-state index in [1.165, 1.54) is 6.07 Å². The quantitative estimate of drug-likeness (QED) is 0.696. The Morgan fingerprint density at radius 2 is 1.74 bits per heavy atom. The topological polar surface area (TPSA) is 61.4 Å². The predicted octanol–water partition coefficient (Wildman–Crippen LogP) is 4.58. The Morgan fingerprint density at radius 3 is 2.35 bits per heavy atom. The molecule has 1 aliphatic heterocycles. The number of carbonyl (C=O) groups excluding carboxylic acids is 2. The van der Waals surface area contributed by atoms with E-state index in [1.807, 2.05) is 11.0 Å². The summed E-state index contributed by atoms with van der Waals surface area (Å²) >= 11 is 5.68. The molecular formula is C22H23ClF3N3O2. The van der Waals surface area contributed by atoms with Crippen molar-refractivity contribution in [1.82, 2.24) is 10.2 Å². The number of alkyl halides is 3. The Hall–Kier alpha value is -2.58. The summed E-state index contributed by atoms with van der Waals surface area (Å²) in [6, 6.07) is 11.5. The van der Waals surface area contributed by atoms with Crippen molar-refractivity contribution >= 4 is 29.1 Å². The molecule has 2 aromatic rings. The van der Waals surface area contributed by atoms with E-state index in [2.05, 4.69) is 10.6 Å². The van der Waals surface area contributed by atoms with Crippen molar-refractivity contribution in [2.24, 2.45) is 0 Å². The van der Waals surface area contributed by atoms with Gasteiger partial charge in [0.2, 0.25) is 5.91 Å². The molecular weight excluding hydrogens is 431 g/mol. The van der Waals surface area contributed by atoms with Crippen LogP contribution in [0, 0.1) is 0 Å². The van der Waals surface area contributed by atoms with Gasteiger partial charge in [0, 0.05) is 29.7 Å². The number of anilines is 1. The molecule has 1 unspecified atom stereocenters. The number of carbonyl (C=O) groups is 2. The first kappa shape index (κ1) is 23.1. The molecule has 0 spiro atoms. The summed E-state index contributed by atoms with van der Waals surface area (Å²) in [4.78, 5) is 26.8. The van der Waals surface area contributed by atoms with Gasteiger partial charge >= 0.3 is 6.18 Å². The largest absolute Gasteiger partial charge is 0.418 e. The smallest absolute Gasteiger partial charge is 0.349 e. The molecule has 1 atom stereocenters. The Balaban J connectivity index is 1.56. The molecule has 0 saturated carbocycles. The second-order valence-electron chi connectivity index (χ2n) is 7.50. The Morgan fingerprint density at radius 1 is 1.10 bits per heavy atom. The van der Waals surface area contributed by atoms with Gasteiger partial charge < -0.3 is 10.6 Å². The van der Waals surface area contributed by atoms with Crippen LogP contribution in [0.1, 0.15) is 35.7 Å². The van der Waals surface area contributed by atoms with E-state index in [4.69, 9.17) is 11.6 Å². The highest BCUT2D eigenvalue weighted by Gasteiger charge is 2.35. The molecule has 5 nitrogen and oxygen atoms in total. The lowest BCUT2D eigenvalue weighted by Gasteiger charge is -2.35. The number of benzene rings is 2. The number of rotatable bonds is 5. The molecule has 31 heavy (non-hydrogen) atoms. The third-order valence-electron chi connectivity index (χ3n) is 5.37. The monoisotopic (exact) mass is 453 g/mol. The van der Waals surface area contributed by atoms with Crippen LogP contribution < -0.4 is 10.6 Å². The number of nitrogens with zero attached hydrogens (tertiary/aromatic N) is 1. The average Bonchev–Trinajstić information content (AvgIpc) is 2.75. The van der Waals surface area contributed by atoms with Crippen LogP contribution in [0.15, 0.2) is 48.5 Å². The SMILES string of the molecule is CC(C(=O)Nc1ccc(Cl)cc1C(F)(F)F)N1CCC(NC(=O)c2ccccc2)CC1. The third kappa shape index (κ3) is 5.98. The Bertz CT molecular complexity index is 929. The fourth-order valence-electron chi connectivity index (χ4n) is 3.55. The van der Waals surface area contributed by atoms with Gasteiger partial charge in [-0.05, 0) is 50.1 Å². The van der Waals surface area contributed by atoms with Crippen molar-refractivity contribution in [2.75, 3.05) is 18.4 Å². The Labute approximate surface area is 183 Å². The molecule has 2 N–H and O–H groups in total. The molecule has 2 aromatic carbocycles. The third-order valence-corrected chi connectivity index (χ3v) is 5.61. The molecule has 1 fully saturated rings. The van der Waals surface area contributed by atoms with E-state index in [-0.39, 0.29) is 22.7 Å². The van der Waals surface area contributed by atoms with Gasteiger partial charge in [0.25, 0.3) is 5.91 Å². The van der Waals surface area contributed by atoms with Crippen molar-refractivity contribution in [3.63, 3.8) is 0 Å². The first-order valence-corrected chi connectivity index (χ1v) is 10.3. The van der Waals surface area contributed by atoms with Gasteiger partial charge in [0.15, 0.2) is 0 Å². The molecule has 0 radical (unpaired) electrons. The maximum absolute atomic E-state index is 13.2. The summed E-state index contributed by atoms with van der Waals surface area (Å²) < 4.78 is 39.7. The highest BCUT2D eigenvalue weighted by atomic mass is 35.5. The lowest BCUT2D eigenvalue weighted by Crippen LogP contribution is -2.50. The normalized spacial score (nSPS) is 16.5. The zero-order valence-corrected chi connectivity index (χ0v) is 17.6. The minimum Gasteiger partial charge on any atom is -0.349 e. The number of amides is 2. The Kier molecular flexibility index (Phi) is 7.23. The summed E-state index contributed by atoms with van der Waals surface area (Å²) in [5.41, 5.74) is -0.720. The summed E-state index contributed by atoms with van der Waals surface area (Å²) in [6.07, 6.45) is -3.35. The van der Waals surface area contributed by atoms with Gasteiger partial charge in [-0.1, -0.05) is 29.8 Å². The molecule has 0 aliphatic carbocycles. The maximum Gasteiger partial charge on any atom is 0.418 e. The van der Waals surface area contributed by atoms with Crippen molar-refractivity contribution in [3.05, 3.63) is 64.7 Å². The van der Waals surface area contributed by atoms with Gasteiger partial charge in [0.1, 0.15) is 0 Å². The molecule has 0 bridgehead atoms. The molecule has 2 amide bonds. The first-order valence-electron chi connectivity index (χ1n) is 9.92. The fourth-order valence-corrected chi connectivity index (χ4v) is 3.72. The molecule has 3 rings (SSSR count). The fraction of sp³-hybridized carbons (Fsp3) is 0.364. The zero-order valence-electron chi connectivity index (χ0n) is 16.9. The van der Waals surface area contributed by atoms with Gasteiger partial charge in [-0.3, -0.25) is 14.5 Å². The van der Waals surface area contributed by atoms with Gasteiger partial charge in [-0.15, -0.1) is 0 Å². The van der Waals surface area contributed by atoms with Gasteiger partial charge in [0.05, 0.1) is 17.3 Å². The molecule has 1 saturated heterocycles. The predicted molar refractivity (Wildman–Crippen MR) is 113 cm³/mol. The minimum absolute atomic E-state index is 0.0210. The number of nitrogens with one attached hydrogen (secondary N) is 2. The molecule has 0 aromatic heterocycles. The van der Waals surface area contributed by atoms with E-state index >= 15 is 0 Å². The second kappa shape index (κ2) is 9.70. The van der Waals surface area contributed by atoms with Crippen LogP contribution in [-0.2, 0) is 11.0 Å². The minimum atomic E-state index is -4.63. The summed E-state index contributed by atoms with van der Waals surface area (Å²) in [7, 11) is 0. The van der Waals surface area contributed by atoms with Crippen molar-refractivity contribution in [1.29, 1.82) is 0 Å². The van der Waals surface area contributed by atoms with Crippen LogP contribution in [0.3, 0.4) is 0 Å². The lowest BCUT2D eigenvalue weighted by molar-refractivity contribution is -0.137. The lowest BCUT2D eigenvalue weighted by atomic mass is 10.0. The first-order chi connectivity index (χ1) is 14.6. The van der Waals surface area contributed by atoms with Crippen LogP contribution in [0.2, 0.25) is 5.02 Å². The molecule has 1 aliphatic rings. The average molecular weight is 454 g/mol. The molecule has 9 heteroatoms. The zero-order chi connectivity index (χ0) is 22.6. The maximum atomic E-state index is 13.2. The number of likely N-dealkylation sites (tertiary alicyclic amines) is 1. The standard InChI is InChI=1S/C22H23ClF3N3O2/c1-14(20(30)28-19-8-7-16(23)13-18(19)22(24,25)26)29-11-9-17(10-12-29)27-21(31)15-5-3-2-4-6-15/h2-8,13-14,17H,9-12H2,1H3,(H,27,31)(H,28,30). The van der Waals surface area contributed by atoms with Gasteiger partial charge in [-0.25, -0.2) is 0 Å². The van der Waals surface area contributed by atoms with Crippen molar-refractivity contribution < 1.29 is 22.8 Å². The number of halogens is 4. The van der Waals surface area contributed by atoms with Crippen LogP contribution in [-0.4, -0.2) is 41.9 Å². The van der Waals surface area contributed by atoms with Crippen LogP contribution >= 0.6 is 11.6 Å². The van der Waals surface area contributed by atoms with Crippen LogP contribution in [0.25, 0.3) is 0 Å². The van der Waals surface area contributed by atoms with Crippen molar-refractivity contribution in [3.8, 4) is 0 Å². The van der Waals surface area contributed by atoms with E-state index in [1.54, 1.807) is 31.2 Å². The summed E-state index contributed by atoms with van der Waals surface area (Å²) in [5.74, 6) is -0.674.